The molecule has 0 aromatic heterocycles. The monoisotopic (exact) mass is 1110 g/mol. The first-order valence-corrected chi connectivity index (χ1v) is 27.5. The maximum atomic E-state index is 15.1. The molecule has 3 saturated heterocycles. The number of hydrogen-bond acceptors (Lipinski definition) is 17. The molecule has 422 valence electrons. The van der Waals surface area contributed by atoms with Crippen molar-refractivity contribution in [3.63, 3.8) is 0 Å². The number of carbonyl (C=O) groups is 10. The number of aliphatic hydroxyl groups is 1. The molecule has 0 spiro atoms. The molecule has 4 rings (SSSR count). The van der Waals surface area contributed by atoms with E-state index in [1.54, 1.807) is 26.0 Å². The molecule has 11 atom stereocenters. The summed E-state index contributed by atoms with van der Waals surface area (Å²) in [7, 11) is 2.32. The molecular formula is C47H75N15O12S2. The van der Waals surface area contributed by atoms with Crippen LogP contribution in [0.1, 0.15) is 78.2 Å². The Bertz CT molecular complexity index is 2280. The van der Waals surface area contributed by atoms with Crippen LogP contribution in [-0.4, -0.2) is 183 Å². The predicted molar refractivity (Wildman–Crippen MR) is 282 cm³/mol. The number of nitrogens with two attached hydrogens (primary N) is 5. The number of nitrogens with one attached hydrogen (secondary N) is 7. The number of aromatic hydroxyl groups is 1. The minimum Gasteiger partial charge on any atom is -0.508 e. The van der Waals surface area contributed by atoms with Gasteiger partial charge in [-0.2, -0.15) is 0 Å². The molecule has 10 amide bonds. The zero-order valence-corrected chi connectivity index (χ0v) is 44.8. The van der Waals surface area contributed by atoms with Gasteiger partial charge in [0.1, 0.15) is 42.2 Å². The van der Waals surface area contributed by atoms with Gasteiger partial charge >= 0.3 is 0 Å². The number of phenolic OH excluding ortho intramolecular Hbond substituents is 1. The number of aliphatic hydroxyl groups excluding tert-OH is 1. The molecule has 3 fully saturated rings. The third kappa shape index (κ3) is 19.0. The third-order valence-electron chi connectivity index (χ3n) is 13.0. The number of likely N-dealkylation sites (tertiary alicyclic amines) is 1. The van der Waals surface area contributed by atoms with Crippen molar-refractivity contribution in [2.24, 2.45) is 45.5 Å². The van der Waals surface area contributed by atoms with Crippen LogP contribution in [0.2, 0.25) is 0 Å². The minimum absolute atomic E-state index is 0.00177. The fraction of sp³-hybridized carbons (Fsp3) is 0.638. The number of fused-ring (bicyclic) bond motifs is 3. The Labute approximate surface area is 448 Å². The number of rotatable bonds is 20. The summed E-state index contributed by atoms with van der Waals surface area (Å²) in [4.78, 5) is 144. The molecule has 76 heavy (non-hydrogen) atoms. The van der Waals surface area contributed by atoms with E-state index < -0.39 is 144 Å². The summed E-state index contributed by atoms with van der Waals surface area (Å²) < 4.78 is 0. The smallest absolute Gasteiger partial charge is 0.247 e. The summed E-state index contributed by atoms with van der Waals surface area (Å²) in [5.74, 6) is -9.18. The highest BCUT2D eigenvalue weighted by Crippen LogP contribution is 2.33. The van der Waals surface area contributed by atoms with E-state index in [2.05, 4.69) is 42.2 Å². The van der Waals surface area contributed by atoms with Gasteiger partial charge in [-0.05, 0) is 61.6 Å². The molecule has 1 aromatic carbocycles. The lowest BCUT2D eigenvalue weighted by Gasteiger charge is -2.34. The van der Waals surface area contributed by atoms with Gasteiger partial charge in [-0.1, -0.05) is 67.8 Å². The van der Waals surface area contributed by atoms with Crippen molar-refractivity contribution in [1.82, 2.24) is 47.0 Å². The standard InChI is InChI=1S/C47H75N15O12S2/c1-5-24(4)37-44(72)55-27(12-13-34(48)64)39(67)57-29(19-35(49)65)41(69)60-38(33-20-54-31(22-75-76-33)42(70)56-28(40(68)59-37)18-25-8-10-26(63)11-9-25)46(74)62-15-6-7-32(62)43(71)58-30(17-23(2)3)45(73)61(21-36(50)66)16-14-53-47(51)52/h8-11,23-24,27-33,37-38,40,54,59,63,68H,5-7,12-22H2,1-4H3,(H2,48,64)(H2,49,65)(H2,50,66)(H,55,72)(H,56,70)(H,57,67)(H,58,71)(H,60,69)(H4,51,52,53)/t24-,27-,28-,29-,30-,31-,32-,33?,37-,38-,40?/m0/s1. The number of benzene rings is 1. The highest BCUT2D eigenvalue weighted by Gasteiger charge is 2.44. The van der Waals surface area contributed by atoms with Gasteiger partial charge < -0.3 is 80.6 Å². The van der Waals surface area contributed by atoms with Crippen LogP contribution in [0.25, 0.3) is 0 Å². The van der Waals surface area contributed by atoms with Crippen LogP contribution in [-0.2, 0) is 54.4 Å². The van der Waals surface area contributed by atoms with Gasteiger partial charge in [-0.15, -0.1) is 0 Å². The number of guanidine groups is 1. The van der Waals surface area contributed by atoms with Crippen molar-refractivity contribution in [2.45, 2.75) is 139 Å². The number of hydrogen-bond donors (Lipinski definition) is 14. The quantitative estimate of drug-likeness (QED) is 0.0331. The van der Waals surface area contributed by atoms with Crippen LogP contribution in [0.4, 0.5) is 0 Å². The summed E-state index contributed by atoms with van der Waals surface area (Å²) in [6.45, 7) is 6.31. The maximum absolute atomic E-state index is 15.1. The van der Waals surface area contributed by atoms with E-state index >= 15 is 4.79 Å². The second-order valence-corrected chi connectivity index (χ2v) is 22.2. The first-order chi connectivity index (χ1) is 35.9. The van der Waals surface area contributed by atoms with E-state index in [9.17, 15) is 53.4 Å². The highest BCUT2D eigenvalue weighted by molar-refractivity contribution is 8.77. The van der Waals surface area contributed by atoms with E-state index in [0.29, 0.717) is 18.4 Å². The van der Waals surface area contributed by atoms with Gasteiger partial charge in [-0.3, -0.25) is 58.3 Å². The average molecular weight is 1110 g/mol. The molecule has 27 nitrogen and oxygen atoms in total. The molecule has 3 aliphatic heterocycles. The normalized spacial score (nSPS) is 25.7. The Morgan fingerprint density at radius 1 is 0.882 bits per heavy atom. The molecule has 29 heteroatoms. The molecule has 2 bridgehead atoms. The van der Waals surface area contributed by atoms with E-state index in [4.69, 9.17) is 28.7 Å². The molecule has 0 aliphatic carbocycles. The van der Waals surface area contributed by atoms with Crippen LogP contribution in [0.15, 0.2) is 29.3 Å². The fourth-order valence-corrected chi connectivity index (χ4v) is 11.6. The topological polar surface area (TPSA) is 444 Å². The Balaban J connectivity index is 1.77. The summed E-state index contributed by atoms with van der Waals surface area (Å²) in [5, 5.41) is 40.4. The van der Waals surface area contributed by atoms with E-state index in [-0.39, 0.29) is 75.2 Å². The predicted octanol–water partition coefficient (Wildman–Crippen LogP) is -4.82. The lowest BCUT2D eigenvalue weighted by atomic mass is 9.96. The molecule has 3 heterocycles. The molecule has 3 aliphatic rings. The Hall–Kier alpha value is -6.43. The maximum Gasteiger partial charge on any atom is 0.247 e. The SMILES string of the molecule is CC[C@H](C)[C@@H]1NC(O)[C@H](Cc2ccc(O)cc2)NC(=O)[C@@H]2CSSC(CN2)[C@@H](C(=O)N2CCC[C@H]2C(=O)N[C@@H](CC(C)C)C(=O)N(CCN=C(N)N)CC(N)=O)NC(=O)[C@H](CC(N)=O)NC(=O)[C@H](CCC(N)=O)NC1=O. The zero-order chi connectivity index (χ0) is 56.4. The van der Waals surface area contributed by atoms with Crippen molar-refractivity contribution in [3.05, 3.63) is 29.8 Å². The highest BCUT2D eigenvalue weighted by atomic mass is 33.1. The van der Waals surface area contributed by atoms with E-state index in [0.717, 1.165) is 15.7 Å². The van der Waals surface area contributed by atoms with Crippen molar-refractivity contribution < 1.29 is 58.2 Å². The van der Waals surface area contributed by atoms with Crippen LogP contribution in [0, 0.1) is 11.8 Å². The van der Waals surface area contributed by atoms with Crippen LogP contribution >= 0.6 is 21.6 Å². The van der Waals surface area contributed by atoms with Crippen LogP contribution in [0.3, 0.4) is 0 Å². The van der Waals surface area contributed by atoms with Crippen molar-refractivity contribution in [2.75, 3.05) is 38.5 Å². The van der Waals surface area contributed by atoms with Crippen molar-refractivity contribution in [3.8, 4) is 5.75 Å². The number of primary amides is 3. The third-order valence-corrected chi connectivity index (χ3v) is 15.9. The molecule has 0 radical (unpaired) electrons. The second-order valence-electron chi connectivity index (χ2n) is 19.5. The molecular weight excluding hydrogens is 1030 g/mol. The number of nitrogens with zero attached hydrogens (tertiary/aromatic N) is 3. The summed E-state index contributed by atoms with van der Waals surface area (Å²) in [6.07, 6.45) is -2.26. The van der Waals surface area contributed by atoms with Gasteiger partial charge in [0.15, 0.2) is 5.96 Å². The zero-order valence-electron chi connectivity index (χ0n) is 43.2. The van der Waals surface area contributed by atoms with Gasteiger partial charge in [-0.25, -0.2) is 0 Å². The first-order valence-electron chi connectivity index (χ1n) is 25.1. The first kappa shape index (κ1) is 62.1. The largest absolute Gasteiger partial charge is 0.508 e. The van der Waals surface area contributed by atoms with Gasteiger partial charge in [0.25, 0.3) is 0 Å². The number of carbonyl (C=O) groups excluding carboxylic acids is 10. The number of amides is 10. The summed E-state index contributed by atoms with van der Waals surface area (Å²) >= 11 is 0. The lowest BCUT2D eigenvalue weighted by molar-refractivity contribution is -0.144. The van der Waals surface area contributed by atoms with Crippen molar-refractivity contribution in [1.29, 1.82) is 0 Å². The van der Waals surface area contributed by atoms with Gasteiger partial charge in [0.2, 0.25) is 59.1 Å². The van der Waals surface area contributed by atoms with Gasteiger partial charge in [0.05, 0.1) is 42.9 Å². The average Bonchev–Trinajstić information content (AvgIpc) is 3.72. The summed E-state index contributed by atoms with van der Waals surface area (Å²) in [5.41, 5.74) is 28.0. The van der Waals surface area contributed by atoms with Gasteiger partial charge in [0, 0.05) is 31.8 Å². The molecule has 0 saturated carbocycles. The number of phenols is 1. The van der Waals surface area contributed by atoms with E-state index in [1.807, 2.05) is 13.8 Å². The lowest BCUT2D eigenvalue weighted by Crippen LogP contribution is -2.63. The second kappa shape index (κ2) is 29.8. The Morgan fingerprint density at radius 3 is 2.17 bits per heavy atom. The number of aliphatic imine (C=N–C) groups is 1. The van der Waals surface area contributed by atoms with Crippen LogP contribution in [0.5, 0.6) is 5.75 Å². The Kier molecular flexibility index (Phi) is 24.3. The van der Waals surface area contributed by atoms with Crippen LogP contribution < -0.4 is 65.9 Å². The van der Waals surface area contributed by atoms with Crippen molar-refractivity contribution >= 4 is 86.6 Å². The Morgan fingerprint density at radius 2 is 1.55 bits per heavy atom. The van der Waals surface area contributed by atoms with E-state index in [1.165, 1.54) is 27.8 Å². The summed E-state index contributed by atoms with van der Waals surface area (Å²) in [6, 6.07) is -4.50. The minimum atomic E-state index is -1.77. The molecule has 1 aromatic rings. The molecule has 19 N–H and O–H groups in total. The molecule has 2 unspecified atom stereocenters. The fourth-order valence-electron chi connectivity index (χ4n) is 8.82.